The van der Waals surface area contributed by atoms with Crippen molar-refractivity contribution in [2.24, 2.45) is 0 Å². The van der Waals surface area contributed by atoms with Crippen LogP contribution in [0.5, 0.6) is 0 Å². The summed E-state index contributed by atoms with van der Waals surface area (Å²) in [5.41, 5.74) is 0. The van der Waals surface area contributed by atoms with Crippen LogP contribution in [0.4, 0.5) is 0 Å². The molecule has 17 atom stereocenters. The number of ether oxygens (including phenoxy) is 6. The average molecular weight is 1010 g/mol. The number of rotatable bonds is 37. The van der Waals surface area contributed by atoms with Crippen molar-refractivity contribution in [3.05, 3.63) is 24.3 Å². The zero-order chi connectivity index (χ0) is 51.3. The topological polar surface area (TPSA) is 307 Å². The monoisotopic (exact) mass is 1010 g/mol. The number of aliphatic hydroxyl groups excluding tert-OH is 11. The molecule has 0 aromatic carbocycles. The van der Waals surface area contributed by atoms with Gasteiger partial charge in [0.2, 0.25) is 5.91 Å². The van der Waals surface area contributed by atoms with Crippen LogP contribution >= 0.6 is 0 Å². The number of allylic oxidation sites excluding steroid dienone is 3. The molecule has 0 bridgehead atoms. The number of carbonyl (C=O) groups is 1. The lowest BCUT2D eigenvalue weighted by atomic mass is 9.96. The second-order valence-electron chi connectivity index (χ2n) is 19.3. The van der Waals surface area contributed by atoms with Crippen LogP contribution < -0.4 is 5.32 Å². The minimum Gasteiger partial charge on any atom is -0.394 e. The number of aliphatic hydroxyl groups is 11. The van der Waals surface area contributed by atoms with Crippen molar-refractivity contribution < 1.29 is 89.4 Å². The number of amides is 1. The van der Waals surface area contributed by atoms with E-state index in [0.717, 1.165) is 32.1 Å². The molecule has 3 aliphatic heterocycles. The van der Waals surface area contributed by atoms with Crippen LogP contribution in [-0.4, -0.2) is 193 Å². The van der Waals surface area contributed by atoms with E-state index in [0.29, 0.717) is 12.8 Å². The minimum atomic E-state index is -1.98. The van der Waals surface area contributed by atoms with Crippen molar-refractivity contribution in [2.75, 3.05) is 26.4 Å². The van der Waals surface area contributed by atoms with Crippen LogP contribution in [0.3, 0.4) is 0 Å². The van der Waals surface area contributed by atoms with Crippen LogP contribution in [0.1, 0.15) is 162 Å². The molecule has 3 saturated heterocycles. The van der Waals surface area contributed by atoms with Crippen LogP contribution in [0.15, 0.2) is 24.3 Å². The molecule has 3 rings (SSSR count). The Labute approximate surface area is 416 Å². The number of hydrogen-bond donors (Lipinski definition) is 12. The third kappa shape index (κ3) is 21.6. The van der Waals surface area contributed by atoms with Crippen LogP contribution in [0, 0.1) is 0 Å². The predicted molar refractivity (Wildman–Crippen MR) is 259 cm³/mol. The predicted octanol–water partition coefficient (Wildman–Crippen LogP) is 2.42. The van der Waals surface area contributed by atoms with Crippen molar-refractivity contribution in [3.8, 4) is 0 Å². The molecule has 3 aliphatic rings. The summed E-state index contributed by atoms with van der Waals surface area (Å²) in [6.45, 7) is 1.49. The SMILES string of the molecule is CCCCCCCCCCCCCCCCCC/C=C/CC/C=C/C(O)C(COC1OC(CO)C(OC2OC(CO)C(OC3OC(CO)C(O)C(O)C3O)C(O)C2O)C(O)C1O)NC(=O)CCCCC. The molecule has 410 valence electrons. The highest BCUT2D eigenvalue weighted by atomic mass is 16.8. The van der Waals surface area contributed by atoms with E-state index < -0.39 is 124 Å². The first kappa shape index (κ1) is 62.6. The van der Waals surface area contributed by atoms with Gasteiger partial charge in [-0.05, 0) is 32.1 Å². The summed E-state index contributed by atoms with van der Waals surface area (Å²) >= 11 is 0. The maximum Gasteiger partial charge on any atom is 0.220 e. The number of nitrogens with one attached hydrogen (secondary N) is 1. The van der Waals surface area contributed by atoms with Crippen molar-refractivity contribution >= 4 is 5.91 Å². The van der Waals surface area contributed by atoms with E-state index in [9.17, 15) is 61.0 Å². The summed E-state index contributed by atoms with van der Waals surface area (Å²) < 4.78 is 33.9. The largest absolute Gasteiger partial charge is 0.394 e. The first-order valence-corrected chi connectivity index (χ1v) is 26.6. The Morgan fingerprint density at radius 2 is 0.914 bits per heavy atom. The Morgan fingerprint density at radius 3 is 1.43 bits per heavy atom. The van der Waals surface area contributed by atoms with E-state index in [4.69, 9.17) is 28.4 Å². The lowest BCUT2D eigenvalue weighted by molar-refractivity contribution is -0.379. The van der Waals surface area contributed by atoms with Gasteiger partial charge in [-0.3, -0.25) is 4.79 Å². The number of hydrogen-bond acceptors (Lipinski definition) is 18. The van der Waals surface area contributed by atoms with E-state index >= 15 is 0 Å². The molecule has 3 heterocycles. The summed E-state index contributed by atoms with van der Waals surface area (Å²) in [4.78, 5) is 12.9. The quantitative estimate of drug-likeness (QED) is 0.0314. The molecule has 0 aliphatic carbocycles. The molecule has 0 spiro atoms. The fourth-order valence-corrected chi connectivity index (χ4v) is 9.03. The zero-order valence-corrected chi connectivity index (χ0v) is 42.0. The molecule has 17 unspecified atom stereocenters. The van der Waals surface area contributed by atoms with E-state index in [2.05, 4.69) is 24.4 Å². The molecule has 0 radical (unpaired) electrons. The smallest absolute Gasteiger partial charge is 0.220 e. The molecule has 19 heteroatoms. The Hall–Kier alpha value is -1.73. The van der Waals surface area contributed by atoms with E-state index in [1.807, 2.05) is 13.0 Å². The maximum atomic E-state index is 12.9. The first-order chi connectivity index (χ1) is 33.8. The van der Waals surface area contributed by atoms with Gasteiger partial charge in [0.1, 0.15) is 73.2 Å². The Bertz CT molecular complexity index is 1390. The van der Waals surface area contributed by atoms with Gasteiger partial charge in [-0.1, -0.05) is 147 Å². The van der Waals surface area contributed by atoms with Crippen molar-refractivity contribution in [1.82, 2.24) is 5.32 Å². The fourth-order valence-electron chi connectivity index (χ4n) is 9.03. The van der Waals surface area contributed by atoms with Gasteiger partial charge in [-0.2, -0.15) is 0 Å². The van der Waals surface area contributed by atoms with Crippen molar-refractivity contribution in [3.63, 3.8) is 0 Å². The minimum absolute atomic E-state index is 0.222. The molecule has 12 N–H and O–H groups in total. The highest BCUT2D eigenvalue weighted by Gasteiger charge is 2.53. The van der Waals surface area contributed by atoms with Crippen LogP contribution in [0.2, 0.25) is 0 Å². The van der Waals surface area contributed by atoms with Gasteiger partial charge >= 0.3 is 0 Å². The van der Waals surface area contributed by atoms with Gasteiger partial charge < -0.3 is 89.9 Å². The summed E-state index contributed by atoms with van der Waals surface area (Å²) in [5, 5.41) is 119. The second kappa shape index (κ2) is 36.3. The Kier molecular flexibility index (Phi) is 32.4. The van der Waals surface area contributed by atoms with Gasteiger partial charge in [0.25, 0.3) is 0 Å². The summed E-state index contributed by atoms with van der Waals surface area (Å²) in [5.74, 6) is -0.311. The fraction of sp³-hybridized carbons (Fsp3) is 0.902. The molecule has 70 heavy (non-hydrogen) atoms. The van der Waals surface area contributed by atoms with Gasteiger partial charge in [0.05, 0.1) is 38.6 Å². The van der Waals surface area contributed by atoms with Gasteiger partial charge in [0.15, 0.2) is 18.9 Å². The van der Waals surface area contributed by atoms with Crippen LogP contribution in [-0.2, 0) is 33.2 Å². The second-order valence-corrected chi connectivity index (χ2v) is 19.3. The van der Waals surface area contributed by atoms with Gasteiger partial charge in [0, 0.05) is 6.42 Å². The Balaban J connectivity index is 1.44. The summed E-state index contributed by atoms with van der Waals surface area (Å²) in [6.07, 6.45) is 7.36. The third-order valence-electron chi connectivity index (χ3n) is 13.5. The highest BCUT2D eigenvalue weighted by molar-refractivity contribution is 5.76. The van der Waals surface area contributed by atoms with Crippen LogP contribution in [0.25, 0.3) is 0 Å². The van der Waals surface area contributed by atoms with E-state index in [-0.39, 0.29) is 18.9 Å². The molecule has 0 aromatic rings. The lowest BCUT2D eigenvalue weighted by Crippen LogP contribution is -2.66. The summed E-state index contributed by atoms with van der Waals surface area (Å²) in [6, 6.07) is -0.980. The van der Waals surface area contributed by atoms with E-state index in [1.165, 1.54) is 96.3 Å². The number of carbonyl (C=O) groups excluding carboxylic acids is 1. The molecule has 1 amide bonds. The molecule has 19 nitrogen and oxygen atoms in total. The average Bonchev–Trinajstić information content (AvgIpc) is 3.35. The van der Waals surface area contributed by atoms with Crippen molar-refractivity contribution in [2.45, 2.75) is 266 Å². The van der Waals surface area contributed by atoms with E-state index in [1.54, 1.807) is 6.08 Å². The molecule has 0 saturated carbocycles. The molecular formula is C51H93NO18. The molecule has 3 fully saturated rings. The summed E-state index contributed by atoms with van der Waals surface area (Å²) in [7, 11) is 0. The van der Waals surface area contributed by atoms with Crippen molar-refractivity contribution in [1.29, 1.82) is 0 Å². The normalized spacial score (nSPS) is 32.7. The number of unbranched alkanes of at least 4 members (excludes halogenated alkanes) is 19. The maximum absolute atomic E-state index is 12.9. The van der Waals surface area contributed by atoms with Gasteiger partial charge in [-0.15, -0.1) is 0 Å². The standard InChI is InChI=1S/C51H93NO18/c1-3-5-7-8-9-10-11-12-13-14-15-16-17-18-19-20-21-22-23-24-25-27-28-35(56)34(52-39(57)29-26-6-4-2)33-65-49-45(63)42(60)47(37(31-54)67-49)70-51-46(64)43(61)48(38(32-55)68-51)69-50-44(62)41(59)40(58)36(30-53)66-50/h22-23,27-28,34-38,40-51,53-56,58-64H,3-21,24-26,29-33H2,1-2H3,(H,52,57)/b23-22+,28-27+. The molecule has 0 aromatic heterocycles. The first-order valence-electron chi connectivity index (χ1n) is 26.6. The lowest BCUT2D eigenvalue weighted by Gasteiger charge is -2.48. The highest BCUT2D eigenvalue weighted by Crippen LogP contribution is 2.33. The third-order valence-corrected chi connectivity index (χ3v) is 13.5. The molecular weight excluding hydrogens is 915 g/mol. The zero-order valence-electron chi connectivity index (χ0n) is 42.0. The van der Waals surface area contributed by atoms with Gasteiger partial charge in [-0.25, -0.2) is 0 Å². The Morgan fingerprint density at radius 1 is 0.500 bits per heavy atom.